The lowest BCUT2D eigenvalue weighted by atomic mass is 9.92. The molecule has 1 fully saturated rings. The predicted octanol–water partition coefficient (Wildman–Crippen LogP) is 5.55. The van der Waals surface area contributed by atoms with E-state index in [2.05, 4.69) is 38.7 Å². The summed E-state index contributed by atoms with van der Waals surface area (Å²) in [5.41, 5.74) is 1.89. The predicted molar refractivity (Wildman–Crippen MR) is 157 cm³/mol. The molecule has 8 nitrogen and oxygen atoms in total. The highest BCUT2D eigenvalue weighted by molar-refractivity contribution is 8.26. The number of sulfone groups is 1. The molecule has 0 radical (unpaired) electrons. The minimum Gasteiger partial charge on any atom is -0.469 e. The molecule has 39 heavy (non-hydrogen) atoms. The van der Waals surface area contributed by atoms with Crippen molar-refractivity contribution in [1.29, 1.82) is 0 Å². The number of nitrogens with zero attached hydrogens (tertiary/aromatic N) is 5. The normalized spacial score (nSPS) is 22.3. The Morgan fingerprint density at radius 1 is 1.21 bits per heavy atom. The van der Waals surface area contributed by atoms with Crippen molar-refractivity contribution in [2.45, 2.75) is 63.9 Å². The standard InChI is InChI=1S/C28H36FN5O3S2/c1-5-7-21-17-31-27(32-18-21)34-14-11-22(12-15-34)19(2)37-28-30-13-6-8-26(33-20(3)38-28)24-10-9-23(16-25(24)29)39(4,35)36/h8-10,16-19,22H,5-7,11-15H2,1-4H3/b26-8-,30-28-,33-20+/t19-/m0/s1. The van der Waals surface area contributed by atoms with E-state index in [0.29, 0.717) is 34.9 Å². The van der Waals surface area contributed by atoms with E-state index in [0.717, 1.165) is 57.0 Å². The average Bonchev–Trinajstić information content (AvgIpc) is 2.99. The first-order valence-electron chi connectivity index (χ1n) is 13.3. The van der Waals surface area contributed by atoms with Crippen LogP contribution >= 0.6 is 11.8 Å². The average molecular weight is 574 g/mol. The molecule has 2 aliphatic rings. The van der Waals surface area contributed by atoms with E-state index in [-0.39, 0.29) is 16.6 Å². The highest BCUT2D eigenvalue weighted by Crippen LogP contribution is 2.29. The van der Waals surface area contributed by atoms with Crippen molar-refractivity contribution in [3.05, 3.63) is 53.6 Å². The first-order valence-corrected chi connectivity index (χ1v) is 16.0. The van der Waals surface area contributed by atoms with Gasteiger partial charge in [-0.3, -0.25) is 0 Å². The lowest BCUT2D eigenvalue weighted by molar-refractivity contribution is 0.126. The molecule has 11 heteroatoms. The maximum absolute atomic E-state index is 14.8. The van der Waals surface area contributed by atoms with E-state index in [9.17, 15) is 12.8 Å². The fourth-order valence-corrected chi connectivity index (χ4v) is 6.06. The molecule has 1 aromatic carbocycles. The summed E-state index contributed by atoms with van der Waals surface area (Å²) in [5, 5.41) is 1.22. The Bertz CT molecular complexity index is 1350. The van der Waals surface area contributed by atoms with Gasteiger partial charge in [0.25, 0.3) is 5.23 Å². The van der Waals surface area contributed by atoms with Gasteiger partial charge in [-0.25, -0.2) is 32.8 Å². The summed E-state index contributed by atoms with van der Waals surface area (Å²) in [6.45, 7) is 8.30. The minimum atomic E-state index is -3.49. The van der Waals surface area contributed by atoms with Crippen LogP contribution in [0.25, 0.3) is 5.70 Å². The number of anilines is 1. The van der Waals surface area contributed by atoms with Crippen LogP contribution < -0.4 is 4.90 Å². The SMILES string of the molecule is CCCc1cnc(N2CCC([C@H](C)O/C3=N/CC/C=C(c4ccc(S(C)(=O)=O)cc4F)\N=C(/C)S3)CC2)nc1. The van der Waals surface area contributed by atoms with Crippen molar-refractivity contribution >= 4 is 43.5 Å². The van der Waals surface area contributed by atoms with E-state index in [1.165, 1.54) is 29.5 Å². The molecule has 0 unspecified atom stereocenters. The summed E-state index contributed by atoms with van der Waals surface area (Å²) < 4.78 is 44.7. The zero-order chi connectivity index (χ0) is 28.0. The Morgan fingerprint density at radius 2 is 1.92 bits per heavy atom. The van der Waals surface area contributed by atoms with Gasteiger partial charge in [0.1, 0.15) is 11.9 Å². The van der Waals surface area contributed by atoms with Gasteiger partial charge in [-0.05, 0) is 81.0 Å². The van der Waals surface area contributed by atoms with Gasteiger partial charge in [-0.15, -0.1) is 0 Å². The van der Waals surface area contributed by atoms with Gasteiger partial charge in [0.15, 0.2) is 9.84 Å². The van der Waals surface area contributed by atoms with Gasteiger partial charge in [-0.2, -0.15) is 0 Å². The molecule has 0 amide bonds. The fraction of sp³-hybridized carbons (Fsp3) is 0.500. The van der Waals surface area contributed by atoms with E-state index in [1.807, 2.05) is 25.4 Å². The minimum absolute atomic E-state index is 0.0202. The maximum Gasteiger partial charge on any atom is 0.252 e. The zero-order valence-corrected chi connectivity index (χ0v) is 24.6. The van der Waals surface area contributed by atoms with E-state index >= 15 is 0 Å². The smallest absolute Gasteiger partial charge is 0.252 e. The number of piperidine rings is 1. The zero-order valence-electron chi connectivity index (χ0n) is 22.9. The van der Waals surface area contributed by atoms with Crippen LogP contribution in [0, 0.1) is 11.7 Å². The maximum atomic E-state index is 14.8. The molecule has 2 aliphatic heterocycles. The molecule has 0 bridgehead atoms. The van der Waals surface area contributed by atoms with Crippen LogP contribution in [0.3, 0.4) is 0 Å². The monoisotopic (exact) mass is 573 g/mol. The Kier molecular flexibility index (Phi) is 9.76. The number of aromatic nitrogens is 2. The van der Waals surface area contributed by atoms with Gasteiger partial charge < -0.3 is 9.64 Å². The second-order valence-electron chi connectivity index (χ2n) is 9.96. The van der Waals surface area contributed by atoms with E-state index in [1.54, 1.807) is 0 Å². The first-order chi connectivity index (χ1) is 18.6. The van der Waals surface area contributed by atoms with Crippen LogP contribution in [0.5, 0.6) is 0 Å². The molecule has 2 aromatic rings. The van der Waals surface area contributed by atoms with Crippen LogP contribution in [-0.4, -0.2) is 60.7 Å². The third-order valence-corrected chi connectivity index (χ3v) is 8.77. The summed E-state index contributed by atoms with van der Waals surface area (Å²) >= 11 is 1.33. The molecule has 1 aromatic heterocycles. The van der Waals surface area contributed by atoms with Crippen LogP contribution in [0.2, 0.25) is 0 Å². The van der Waals surface area contributed by atoms with Gasteiger partial charge in [0.05, 0.1) is 15.6 Å². The van der Waals surface area contributed by atoms with E-state index < -0.39 is 15.7 Å². The third-order valence-electron chi connectivity index (χ3n) is 6.87. The van der Waals surface area contributed by atoms with Crippen LogP contribution in [0.1, 0.15) is 57.6 Å². The molecular weight excluding hydrogens is 537 g/mol. The molecule has 0 N–H and O–H groups in total. The molecule has 210 valence electrons. The quantitative estimate of drug-likeness (QED) is 0.429. The van der Waals surface area contributed by atoms with Crippen LogP contribution in [0.15, 0.2) is 51.5 Å². The number of halogens is 1. The molecular formula is C28H36FN5O3S2. The number of aliphatic imine (C=N–C) groups is 2. The summed E-state index contributed by atoms with van der Waals surface area (Å²) in [4.78, 5) is 20.6. The summed E-state index contributed by atoms with van der Waals surface area (Å²) in [7, 11) is -3.49. The molecule has 1 atom stereocenters. The lowest BCUT2D eigenvalue weighted by Gasteiger charge is -2.34. The van der Waals surface area contributed by atoms with Crippen molar-refractivity contribution in [1.82, 2.24) is 9.97 Å². The van der Waals surface area contributed by atoms with Crippen LogP contribution in [0.4, 0.5) is 10.3 Å². The van der Waals surface area contributed by atoms with E-state index in [4.69, 9.17) is 4.74 Å². The molecule has 0 aliphatic carbocycles. The molecule has 0 saturated carbocycles. The summed E-state index contributed by atoms with van der Waals surface area (Å²) in [6, 6.07) is 3.92. The number of ether oxygens (including phenoxy) is 1. The highest BCUT2D eigenvalue weighted by atomic mass is 32.2. The van der Waals surface area contributed by atoms with Crippen molar-refractivity contribution < 1.29 is 17.5 Å². The van der Waals surface area contributed by atoms with Crippen molar-refractivity contribution in [3.8, 4) is 0 Å². The largest absolute Gasteiger partial charge is 0.469 e. The Labute approximate surface area is 234 Å². The van der Waals surface area contributed by atoms with Gasteiger partial charge in [0, 0.05) is 43.8 Å². The number of aryl methyl sites for hydroxylation is 1. The van der Waals surface area contributed by atoms with Gasteiger partial charge in [0.2, 0.25) is 5.95 Å². The van der Waals surface area contributed by atoms with Crippen molar-refractivity contribution in [2.75, 3.05) is 30.8 Å². The number of thioether (sulfide) groups is 1. The lowest BCUT2D eigenvalue weighted by Crippen LogP contribution is -2.39. The molecule has 0 spiro atoms. The van der Waals surface area contributed by atoms with Crippen molar-refractivity contribution in [3.63, 3.8) is 0 Å². The summed E-state index contributed by atoms with van der Waals surface area (Å²) in [5.74, 6) is 0.546. The van der Waals surface area contributed by atoms with Gasteiger partial charge >= 0.3 is 0 Å². The molecule has 1 saturated heterocycles. The number of hydrogen-bond donors (Lipinski definition) is 0. The molecule has 3 heterocycles. The molecule has 4 rings (SSSR count). The Morgan fingerprint density at radius 3 is 2.56 bits per heavy atom. The second kappa shape index (κ2) is 13.0. The Hall–Kier alpha value is -2.79. The number of rotatable bonds is 7. The van der Waals surface area contributed by atoms with Gasteiger partial charge in [-0.1, -0.05) is 19.4 Å². The summed E-state index contributed by atoms with van der Waals surface area (Å²) in [6.07, 6.45) is 11.3. The topological polar surface area (TPSA) is 97.1 Å². The Balaban J connectivity index is 1.35. The number of hydrogen-bond acceptors (Lipinski definition) is 9. The second-order valence-corrected chi connectivity index (χ2v) is 13.1. The fourth-order valence-electron chi connectivity index (χ4n) is 4.67. The highest BCUT2D eigenvalue weighted by Gasteiger charge is 2.27. The van der Waals surface area contributed by atoms with Crippen molar-refractivity contribution in [2.24, 2.45) is 15.9 Å². The number of benzene rings is 1. The third kappa shape index (κ3) is 7.88. The van der Waals surface area contributed by atoms with Crippen LogP contribution in [-0.2, 0) is 21.0 Å². The first kappa shape index (κ1) is 29.2.